The molecular weight excluding hydrogens is 214 g/mol. The molecule has 0 spiro atoms. The summed E-state index contributed by atoms with van der Waals surface area (Å²) in [6.45, 7) is 10.1. The molecule has 0 aliphatic heterocycles. The molecule has 4 nitrogen and oxygen atoms in total. The third kappa shape index (κ3) is 2.93. The van der Waals surface area contributed by atoms with E-state index in [0.717, 1.165) is 38.0 Å². The second-order valence-electron chi connectivity index (χ2n) is 4.96. The van der Waals surface area contributed by atoms with Gasteiger partial charge in [0.2, 0.25) is 0 Å². The summed E-state index contributed by atoms with van der Waals surface area (Å²) < 4.78 is 3.85. The minimum atomic E-state index is -0.0176. The molecule has 0 aliphatic rings. The third-order valence-corrected chi connectivity index (χ3v) is 3.00. The Morgan fingerprint density at radius 3 is 2.35 bits per heavy atom. The summed E-state index contributed by atoms with van der Waals surface area (Å²) in [5.41, 5.74) is 7.37. The molecular formula is C13H25N3O. The second kappa shape index (κ2) is 5.94. The summed E-state index contributed by atoms with van der Waals surface area (Å²) in [4.78, 5) is 12.1. The van der Waals surface area contributed by atoms with E-state index in [-0.39, 0.29) is 5.56 Å². The molecule has 0 unspecified atom stereocenters. The zero-order valence-corrected chi connectivity index (χ0v) is 11.5. The highest BCUT2D eigenvalue weighted by molar-refractivity contribution is 5.41. The first-order valence-corrected chi connectivity index (χ1v) is 6.60. The molecule has 0 amide bonds. The predicted molar refractivity (Wildman–Crippen MR) is 72.2 cm³/mol. The van der Waals surface area contributed by atoms with Crippen molar-refractivity contribution in [2.45, 2.75) is 60.0 Å². The van der Waals surface area contributed by atoms with Crippen LogP contribution in [0.4, 0.5) is 5.69 Å². The summed E-state index contributed by atoms with van der Waals surface area (Å²) in [7, 11) is 0. The smallest absolute Gasteiger partial charge is 0.290 e. The first-order valence-electron chi connectivity index (χ1n) is 6.60. The first kappa shape index (κ1) is 13.9. The standard InChI is InChI=1S/C13H25N3O/c1-5-7-8-16-13(17)12(14)11(9-10(3)4)15(16)6-2/h10H,5-9,14H2,1-4H3. The Morgan fingerprint density at radius 1 is 1.24 bits per heavy atom. The van der Waals surface area contributed by atoms with Crippen molar-refractivity contribution in [1.82, 2.24) is 9.36 Å². The van der Waals surface area contributed by atoms with Gasteiger partial charge in [-0.3, -0.25) is 9.48 Å². The van der Waals surface area contributed by atoms with E-state index in [0.29, 0.717) is 11.6 Å². The fourth-order valence-corrected chi connectivity index (χ4v) is 2.15. The lowest BCUT2D eigenvalue weighted by molar-refractivity contribution is 0.424. The summed E-state index contributed by atoms with van der Waals surface area (Å²) >= 11 is 0. The second-order valence-corrected chi connectivity index (χ2v) is 4.96. The summed E-state index contributed by atoms with van der Waals surface area (Å²) in [5.74, 6) is 0.511. The lowest BCUT2D eigenvalue weighted by atomic mass is 10.1. The molecule has 0 saturated heterocycles. The largest absolute Gasteiger partial charge is 0.393 e. The lowest BCUT2D eigenvalue weighted by Gasteiger charge is -2.13. The molecule has 0 saturated carbocycles. The number of hydrogen-bond acceptors (Lipinski definition) is 2. The molecule has 1 aromatic heterocycles. The zero-order chi connectivity index (χ0) is 13.0. The Kier molecular flexibility index (Phi) is 4.85. The molecule has 17 heavy (non-hydrogen) atoms. The molecule has 4 heteroatoms. The number of nitrogens with two attached hydrogens (primary N) is 1. The SMILES string of the molecule is CCCCn1c(=O)c(N)c(CC(C)C)n1CC. The van der Waals surface area contributed by atoms with Gasteiger partial charge in [-0.1, -0.05) is 27.2 Å². The van der Waals surface area contributed by atoms with Crippen molar-refractivity contribution in [3.05, 3.63) is 16.0 Å². The number of nitrogens with zero attached hydrogens (tertiary/aromatic N) is 2. The number of rotatable bonds is 6. The highest BCUT2D eigenvalue weighted by atomic mass is 16.1. The third-order valence-electron chi connectivity index (χ3n) is 3.00. The molecule has 0 bridgehead atoms. The van der Waals surface area contributed by atoms with Crippen LogP contribution in [0, 0.1) is 5.92 Å². The number of nitrogen functional groups attached to an aromatic ring is 1. The van der Waals surface area contributed by atoms with Crippen LogP contribution in [0.15, 0.2) is 4.79 Å². The van der Waals surface area contributed by atoms with Gasteiger partial charge >= 0.3 is 0 Å². The monoisotopic (exact) mass is 239 g/mol. The van der Waals surface area contributed by atoms with Gasteiger partial charge in [0.1, 0.15) is 5.69 Å². The molecule has 0 atom stereocenters. The van der Waals surface area contributed by atoms with Gasteiger partial charge in [0.25, 0.3) is 5.56 Å². The number of aromatic nitrogens is 2. The molecule has 0 aromatic carbocycles. The number of hydrogen-bond donors (Lipinski definition) is 1. The van der Waals surface area contributed by atoms with Crippen LogP contribution in [0.1, 0.15) is 46.2 Å². The molecule has 0 aliphatic carbocycles. The number of unbranched alkanes of at least 4 members (excludes halogenated alkanes) is 1. The van der Waals surface area contributed by atoms with Crippen LogP contribution in [0.25, 0.3) is 0 Å². The maximum atomic E-state index is 12.1. The van der Waals surface area contributed by atoms with Gasteiger partial charge in [0, 0.05) is 13.1 Å². The maximum Gasteiger partial charge on any atom is 0.290 e. The topological polar surface area (TPSA) is 52.9 Å². The van der Waals surface area contributed by atoms with E-state index >= 15 is 0 Å². The maximum absolute atomic E-state index is 12.1. The van der Waals surface area contributed by atoms with Gasteiger partial charge in [-0.15, -0.1) is 0 Å². The van der Waals surface area contributed by atoms with Crippen LogP contribution < -0.4 is 11.3 Å². The Labute approximate surface area is 103 Å². The minimum absolute atomic E-state index is 0.0176. The Morgan fingerprint density at radius 2 is 1.88 bits per heavy atom. The van der Waals surface area contributed by atoms with Gasteiger partial charge in [0.15, 0.2) is 0 Å². The van der Waals surface area contributed by atoms with E-state index in [4.69, 9.17) is 5.73 Å². The highest BCUT2D eigenvalue weighted by Gasteiger charge is 2.16. The van der Waals surface area contributed by atoms with Crippen LogP contribution in [0.3, 0.4) is 0 Å². The van der Waals surface area contributed by atoms with Crippen molar-refractivity contribution >= 4 is 5.69 Å². The van der Waals surface area contributed by atoms with Gasteiger partial charge in [-0.2, -0.15) is 0 Å². The van der Waals surface area contributed by atoms with Gasteiger partial charge in [-0.25, -0.2) is 4.68 Å². The van der Waals surface area contributed by atoms with E-state index < -0.39 is 0 Å². The number of anilines is 1. The quantitative estimate of drug-likeness (QED) is 0.827. The van der Waals surface area contributed by atoms with Crippen LogP contribution in [0.5, 0.6) is 0 Å². The molecule has 2 N–H and O–H groups in total. The van der Waals surface area contributed by atoms with Crippen LogP contribution >= 0.6 is 0 Å². The van der Waals surface area contributed by atoms with Gasteiger partial charge in [0.05, 0.1) is 5.69 Å². The Balaban J connectivity index is 3.17. The minimum Gasteiger partial charge on any atom is -0.393 e. The molecule has 0 fully saturated rings. The van der Waals surface area contributed by atoms with Crippen molar-refractivity contribution < 1.29 is 0 Å². The first-order chi connectivity index (χ1) is 8.02. The summed E-state index contributed by atoms with van der Waals surface area (Å²) in [5, 5.41) is 0. The van der Waals surface area contributed by atoms with Crippen molar-refractivity contribution in [1.29, 1.82) is 0 Å². The molecule has 1 heterocycles. The Hall–Kier alpha value is -1.19. The van der Waals surface area contributed by atoms with E-state index in [1.807, 2.05) is 4.68 Å². The molecule has 98 valence electrons. The average Bonchev–Trinajstić information content (AvgIpc) is 2.50. The van der Waals surface area contributed by atoms with Crippen molar-refractivity contribution in [2.24, 2.45) is 5.92 Å². The van der Waals surface area contributed by atoms with E-state index in [2.05, 4.69) is 27.7 Å². The molecule has 1 aromatic rings. The highest BCUT2D eigenvalue weighted by Crippen LogP contribution is 2.14. The average molecular weight is 239 g/mol. The van der Waals surface area contributed by atoms with Crippen molar-refractivity contribution in [3.8, 4) is 0 Å². The van der Waals surface area contributed by atoms with Gasteiger partial charge in [-0.05, 0) is 25.7 Å². The van der Waals surface area contributed by atoms with Crippen LogP contribution in [-0.4, -0.2) is 9.36 Å². The zero-order valence-electron chi connectivity index (χ0n) is 11.5. The van der Waals surface area contributed by atoms with Crippen molar-refractivity contribution in [3.63, 3.8) is 0 Å². The Bertz CT molecular complexity index is 415. The summed E-state index contributed by atoms with van der Waals surface area (Å²) in [6, 6.07) is 0. The van der Waals surface area contributed by atoms with Crippen LogP contribution in [-0.2, 0) is 19.5 Å². The van der Waals surface area contributed by atoms with E-state index in [1.165, 1.54) is 0 Å². The predicted octanol–water partition coefficient (Wildman–Crippen LogP) is 2.25. The van der Waals surface area contributed by atoms with E-state index in [9.17, 15) is 4.79 Å². The lowest BCUT2D eigenvalue weighted by Crippen LogP contribution is -2.24. The van der Waals surface area contributed by atoms with Crippen LogP contribution in [0.2, 0.25) is 0 Å². The van der Waals surface area contributed by atoms with E-state index in [1.54, 1.807) is 4.68 Å². The fraction of sp³-hybridized carbons (Fsp3) is 0.769. The van der Waals surface area contributed by atoms with Crippen molar-refractivity contribution in [2.75, 3.05) is 5.73 Å². The summed E-state index contributed by atoms with van der Waals surface area (Å²) in [6.07, 6.45) is 2.97. The van der Waals surface area contributed by atoms with Gasteiger partial charge < -0.3 is 5.73 Å². The normalized spacial score (nSPS) is 11.4. The molecule has 1 rings (SSSR count). The fourth-order valence-electron chi connectivity index (χ4n) is 2.15. The molecule has 0 radical (unpaired) electrons.